The van der Waals surface area contributed by atoms with Crippen molar-refractivity contribution in [1.82, 2.24) is 0 Å². The van der Waals surface area contributed by atoms with E-state index in [1.165, 1.54) is 0 Å². The van der Waals surface area contributed by atoms with Crippen LogP contribution in [0.3, 0.4) is 0 Å². The molecule has 0 radical (unpaired) electrons. The van der Waals surface area contributed by atoms with Gasteiger partial charge in [0.05, 0.1) is 14.2 Å². The maximum absolute atomic E-state index is 5.64. The summed E-state index contributed by atoms with van der Waals surface area (Å²) >= 11 is 0. The third-order valence-electron chi connectivity index (χ3n) is 2.01. The van der Waals surface area contributed by atoms with E-state index >= 15 is 0 Å². The highest BCUT2D eigenvalue weighted by molar-refractivity contribution is 5.62. The number of methoxy groups -OCH3 is 2. The van der Waals surface area contributed by atoms with Crippen LogP contribution in [0.1, 0.15) is 12.5 Å². The van der Waals surface area contributed by atoms with E-state index in [1.54, 1.807) is 14.2 Å². The zero-order valence-electron chi connectivity index (χ0n) is 9.36. The van der Waals surface area contributed by atoms with Crippen LogP contribution in [0.25, 0.3) is 6.08 Å². The van der Waals surface area contributed by atoms with Crippen LogP contribution >= 0.6 is 0 Å². The second kappa shape index (κ2) is 5.41. The molecule has 0 aromatic heterocycles. The highest BCUT2D eigenvalue weighted by atomic mass is 16.5. The Balaban J connectivity index is 3.06. The third-order valence-corrected chi connectivity index (χ3v) is 2.01. The van der Waals surface area contributed by atoms with Gasteiger partial charge in [-0.25, -0.2) is 0 Å². The van der Waals surface area contributed by atoms with E-state index in [2.05, 4.69) is 0 Å². The maximum atomic E-state index is 5.64. The van der Waals surface area contributed by atoms with E-state index in [-0.39, 0.29) is 6.04 Å². The van der Waals surface area contributed by atoms with Crippen LogP contribution in [0, 0.1) is 0 Å². The molecule has 0 aliphatic heterocycles. The van der Waals surface area contributed by atoms with Gasteiger partial charge in [-0.3, -0.25) is 0 Å². The topological polar surface area (TPSA) is 44.5 Å². The number of benzene rings is 1. The van der Waals surface area contributed by atoms with Gasteiger partial charge in [-0.1, -0.05) is 24.3 Å². The van der Waals surface area contributed by atoms with Gasteiger partial charge >= 0.3 is 0 Å². The van der Waals surface area contributed by atoms with Crippen LogP contribution in [-0.2, 0) is 0 Å². The summed E-state index contributed by atoms with van der Waals surface area (Å²) in [5, 5.41) is 0. The smallest absolute Gasteiger partial charge is 0.167 e. The molecule has 82 valence electrons. The molecule has 1 rings (SSSR count). The average molecular weight is 207 g/mol. The molecule has 0 fully saturated rings. The number of hydrogen-bond donors (Lipinski definition) is 1. The van der Waals surface area contributed by atoms with Crippen LogP contribution in [0.15, 0.2) is 24.3 Å². The van der Waals surface area contributed by atoms with Gasteiger partial charge in [0, 0.05) is 11.6 Å². The van der Waals surface area contributed by atoms with Crippen LogP contribution in [0.4, 0.5) is 0 Å². The van der Waals surface area contributed by atoms with E-state index in [0.29, 0.717) is 0 Å². The summed E-state index contributed by atoms with van der Waals surface area (Å²) in [6.45, 7) is 1.92. The number of para-hydroxylation sites is 1. The van der Waals surface area contributed by atoms with Gasteiger partial charge < -0.3 is 15.2 Å². The van der Waals surface area contributed by atoms with Crippen LogP contribution in [0.2, 0.25) is 0 Å². The molecule has 1 unspecified atom stereocenters. The van der Waals surface area contributed by atoms with Crippen molar-refractivity contribution < 1.29 is 9.47 Å². The fraction of sp³-hybridized carbons (Fsp3) is 0.333. The van der Waals surface area contributed by atoms with E-state index in [9.17, 15) is 0 Å². The minimum Gasteiger partial charge on any atom is -0.493 e. The summed E-state index contributed by atoms with van der Waals surface area (Å²) < 4.78 is 10.5. The molecule has 0 amide bonds. The molecule has 1 aromatic rings. The lowest BCUT2D eigenvalue weighted by Gasteiger charge is -2.10. The predicted molar refractivity (Wildman–Crippen MR) is 62.2 cm³/mol. The van der Waals surface area contributed by atoms with E-state index in [0.717, 1.165) is 17.1 Å². The van der Waals surface area contributed by atoms with Crippen molar-refractivity contribution in [1.29, 1.82) is 0 Å². The van der Waals surface area contributed by atoms with Gasteiger partial charge in [0.25, 0.3) is 0 Å². The normalized spacial score (nSPS) is 12.8. The third kappa shape index (κ3) is 2.99. The first-order valence-electron chi connectivity index (χ1n) is 4.83. The molecule has 15 heavy (non-hydrogen) atoms. The molecule has 3 heteroatoms. The molecule has 2 N–H and O–H groups in total. The molecule has 0 spiro atoms. The Labute approximate surface area is 90.5 Å². The SMILES string of the molecule is COc1cccc(/C=C/C(C)N)c1OC. The highest BCUT2D eigenvalue weighted by Crippen LogP contribution is 2.31. The predicted octanol–water partition coefficient (Wildman–Crippen LogP) is 2.06. The van der Waals surface area contributed by atoms with Crippen molar-refractivity contribution in [3.63, 3.8) is 0 Å². The average Bonchev–Trinajstić information content (AvgIpc) is 2.25. The van der Waals surface area contributed by atoms with Crippen molar-refractivity contribution in [3.8, 4) is 11.5 Å². The second-order valence-corrected chi connectivity index (χ2v) is 3.30. The van der Waals surface area contributed by atoms with Gasteiger partial charge in [0.1, 0.15) is 0 Å². The van der Waals surface area contributed by atoms with Gasteiger partial charge in [-0.05, 0) is 13.0 Å². The van der Waals surface area contributed by atoms with Crippen molar-refractivity contribution in [3.05, 3.63) is 29.8 Å². The Morgan fingerprint density at radius 2 is 2.00 bits per heavy atom. The Hall–Kier alpha value is -1.48. The van der Waals surface area contributed by atoms with Crippen molar-refractivity contribution >= 4 is 6.08 Å². The summed E-state index contributed by atoms with van der Waals surface area (Å²) in [5.41, 5.74) is 6.61. The van der Waals surface area contributed by atoms with Crippen LogP contribution in [0.5, 0.6) is 11.5 Å². The van der Waals surface area contributed by atoms with Crippen molar-refractivity contribution in [2.75, 3.05) is 14.2 Å². The summed E-state index contributed by atoms with van der Waals surface area (Å²) in [4.78, 5) is 0. The van der Waals surface area contributed by atoms with Gasteiger partial charge in [-0.15, -0.1) is 0 Å². The maximum Gasteiger partial charge on any atom is 0.167 e. The zero-order valence-corrected chi connectivity index (χ0v) is 9.36. The number of ether oxygens (including phenoxy) is 2. The summed E-state index contributed by atoms with van der Waals surface area (Å²) in [6.07, 6.45) is 3.85. The molecule has 0 aliphatic carbocycles. The molecule has 1 atom stereocenters. The summed E-state index contributed by atoms with van der Waals surface area (Å²) in [5.74, 6) is 1.46. The Bertz CT molecular complexity index is 345. The minimum atomic E-state index is 0.0286. The molecule has 0 aliphatic rings. The first-order valence-corrected chi connectivity index (χ1v) is 4.83. The molecule has 0 bridgehead atoms. The quantitative estimate of drug-likeness (QED) is 0.822. The van der Waals surface area contributed by atoms with Crippen LogP contribution < -0.4 is 15.2 Å². The van der Waals surface area contributed by atoms with Gasteiger partial charge in [-0.2, -0.15) is 0 Å². The lowest BCUT2D eigenvalue weighted by molar-refractivity contribution is 0.354. The fourth-order valence-electron chi connectivity index (χ4n) is 1.30. The lowest BCUT2D eigenvalue weighted by Crippen LogP contribution is -2.09. The zero-order chi connectivity index (χ0) is 11.3. The molecule has 0 heterocycles. The first-order chi connectivity index (χ1) is 7.19. The molecular formula is C12H17NO2. The standard InChI is InChI=1S/C12H17NO2/c1-9(13)7-8-10-5-4-6-11(14-2)12(10)15-3/h4-9H,13H2,1-3H3/b8-7+. The minimum absolute atomic E-state index is 0.0286. The second-order valence-electron chi connectivity index (χ2n) is 3.30. The van der Waals surface area contributed by atoms with Crippen molar-refractivity contribution in [2.45, 2.75) is 13.0 Å². The van der Waals surface area contributed by atoms with E-state index in [1.807, 2.05) is 37.3 Å². The number of hydrogen-bond acceptors (Lipinski definition) is 3. The number of nitrogens with two attached hydrogens (primary N) is 1. The molecule has 1 aromatic carbocycles. The molecule has 0 saturated carbocycles. The monoisotopic (exact) mass is 207 g/mol. The largest absolute Gasteiger partial charge is 0.493 e. The first kappa shape index (κ1) is 11.6. The summed E-state index contributed by atoms with van der Waals surface area (Å²) in [6, 6.07) is 5.77. The lowest BCUT2D eigenvalue weighted by atomic mass is 10.1. The van der Waals surface area contributed by atoms with E-state index in [4.69, 9.17) is 15.2 Å². The molecule has 3 nitrogen and oxygen atoms in total. The van der Waals surface area contributed by atoms with Crippen LogP contribution in [-0.4, -0.2) is 20.3 Å². The number of rotatable bonds is 4. The van der Waals surface area contributed by atoms with E-state index < -0.39 is 0 Å². The molecule has 0 saturated heterocycles. The fourth-order valence-corrected chi connectivity index (χ4v) is 1.30. The molecular weight excluding hydrogens is 190 g/mol. The van der Waals surface area contributed by atoms with Crippen molar-refractivity contribution in [2.24, 2.45) is 5.73 Å². The van der Waals surface area contributed by atoms with Gasteiger partial charge in [0.15, 0.2) is 11.5 Å². The Kier molecular flexibility index (Phi) is 4.18. The summed E-state index contributed by atoms with van der Waals surface area (Å²) in [7, 11) is 3.25. The highest BCUT2D eigenvalue weighted by Gasteiger charge is 2.06. The Morgan fingerprint density at radius 1 is 1.27 bits per heavy atom. The Morgan fingerprint density at radius 3 is 2.53 bits per heavy atom. The van der Waals surface area contributed by atoms with Gasteiger partial charge in [0.2, 0.25) is 0 Å².